The molecule has 1 heterocycles. The number of hydrogen-bond acceptors (Lipinski definition) is 5. The van der Waals surface area contributed by atoms with Crippen molar-refractivity contribution in [3.05, 3.63) is 77.4 Å². The minimum Gasteiger partial charge on any atom is -0.457 e. The van der Waals surface area contributed by atoms with Crippen LogP contribution in [0.1, 0.15) is 10.4 Å². The summed E-state index contributed by atoms with van der Waals surface area (Å²) in [6, 6.07) is 16.6. The second-order valence-corrected chi connectivity index (χ2v) is 6.00. The van der Waals surface area contributed by atoms with Crippen LogP contribution in [0.3, 0.4) is 0 Å². The molecule has 0 saturated carbocycles. The van der Waals surface area contributed by atoms with E-state index in [0.717, 1.165) is 0 Å². The number of carbonyl (C=O) groups is 2. The van der Waals surface area contributed by atoms with Crippen molar-refractivity contribution >= 4 is 29.3 Å². The maximum atomic E-state index is 12.5. The topological polar surface area (TPSA) is 89.5 Å². The van der Waals surface area contributed by atoms with Gasteiger partial charge in [-0.2, -0.15) is 0 Å². The van der Waals surface area contributed by atoms with Crippen LogP contribution in [-0.4, -0.2) is 24.0 Å². The Hall–Kier alpha value is -3.58. The van der Waals surface area contributed by atoms with Crippen molar-refractivity contribution in [1.82, 2.24) is 10.3 Å². The van der Waals surface area contributed by atoms with E-state index in [4.69, 9.17) is 21.1 Å². The standard InChI is InChI=1S/C20H16ClN3O4/c1-22-20(26)28-18-12-17(8-9-23-18)27-16-7-2-4-13(10-16)19(25)24-15-6-3-5-14(21)11-15/h2-12H,1H3,(H,22,26)(H,24,25). The SMILES string of the molecule is CNC(=O)Oc1cc(Oc2cccc(C(=O)Nc3cccc(Cl)c3)c2)ccn1. The third-order valence-electron chi connectivity index (χ3n) is 3.52. The number of amides is 2. The molecule has 0 saturated heterocycles. The van der Waals surface area contributed by atoms with E-state index < -0.39 is 6.09 Å². The van der Waals surface area contributed by atoms with Gasteiger partial charge in [-0.15, -0.1) is 0 Å². The van der Waals surface area contributed by atoms with Gasteiger partial charge in [0.1, 0.15) is 11.5 Å². The molecule has 0 spiro atoms. The molecule has 0 unspecified atom stereocenters. The molecule has 0 aliphatic heterocycles. The van der Waals surface area contributed by atoms with Crippen molar-refractivity contribution in [2.24, 2.45) is 0 Å². The van der Waals surface area contributed by atoms with Gasteiger partial charge >= 0.3 is 6.09 Å². The third kappa shape index (κ3) is 5.21. The van der Waals surface area contributed by atoms with Crippen LogP contribution in [0.5, 0.6) is 17.4 Å². The van der Waals surface area contributed by atoms with Gasteiger partial charge in [-0.25, -0.2) is 9.78 Å². The van der Waals surface area contributed by atoms with Gasteiger partial charge in [0.25, 0.3) is 5.91 Å². The fourth-order valence-electron chi connectivity index (χ4n) is 2.26. The Kier molecular flexibility index (Phi) is 6.08. The van der Waals surface area contributed by atoms with Crippen molar-refractivity contribution < 1.29 is 19.1 Å². The third-order valence-corrected chi connectivity index (χ3v) is 3.76. The first kappa shape index (κ1) is 19.2. The molecule has 8 heteroatoms. The number of halogens is 1. The average Bonchev–Trinajstić information content (AvgIpc) is 2.68. The number of rotatable bonds is 5. The zero-order valence-corrected chi connectivity index (χ0v) is 15.6. The molecular formula is C20H16ClN3O4. The molecule has 2 N–H and O–H groups in total. The van der Waals surface area contributed by atoms with E-state index in [9.17, 15) is 9.59 Å². The summed E-state index contributed by atoms with van der Waals surface area (Å²) in [5.41, 5.74) is 1.00. The molecule has 2 aromatic carbocycles. The number of ether oxygens (including phenoxy) is 2. The summed E-state index contributed by atoms with van der Waals surface area (Å²) in [5, 5.41) is 5.64. The molecule has 0 aliphatic rings. The van der Waals surface area contributed by atoms with E-state index in [0.29, 0.717) is 27.8 Å². The molecule has 142 valence electrons. The van der Waals surface area contributed by atoms with Crippen LogP contribution in [0, 0.1) is 0 Å². The van der Waals surface area contributed by atoms with E-state index in [-0.39, 0.29) is 11.8 Å². The number of anilines is 1. The van der Waals surface area contributed by atoms with Crippen LogP contribution < -0.4 is 20.1 Å². The molecule has 3 rings (SSSR count). The molecule has 0 atom stereocenters. The van der Waals surface area contributed by atoms with E-state index >= 15 is 0 Å². The second kappa shape index (κ2) is 8.88. The zero-order valence-electron chi connectivity index (χ0n) is 14.8. The molecule has 0 aliphatic carbocycles. The molecule has 0 radical (unpaired) electrons. The quantitative estimate of drug-likeness (QED) is 0.661. The van der Waals surface area contributed by atoms with Gasteiger partial charge in [-0.05, 0) is 42.5 Å². The number of aromatic nitrogens is 1. The van der Waals surface area contributed by atoms with Crippen molar-refractivity contribution in [2.75, 3.05) is 12.4 Å². The summed E-state index contributed by atoms with van der Waals surface area (Å²) >= 11 is 5.93. The number of pyridine rings is 1. The first-order valence-electron chi connectivity index (χ1n) is 8.24. The highest BCUT2D eigenvalue weighted by atomic mass is 35.5. The Labute approximate surface area is 166 Å². The number of hydrogen-bond donors (Lipinski definition) is 2. The molecule has 1 aromatic heterocycles. The Bertz CT molecular complexity index is 1010. The minimum absolute atomic E-state index is 0.0895. The lowest BCUT2D eigenvalue weighted by Gasteiger charge is -2.09. The summed E-state index contributed by atoms with van der Waals surface area (Å²) in [4.78, 5) is 27.7. The van der Waals surface area contributed by atoms with Crippen LogP contribution in [0.4, 0.5) is 10.5 Å². The van der Waals surface area contributed by atoms with E-state index in [1.54, 1.807) is 54.6 Å². The molecule has 2 amide bonds. The predicted octanol–water partition coefficient (Wildman–Crippen LogP) is 4.50. The van der Waals surface area contributed by atoms with Crippen molar-refractivity contribution in [3.63, 3.8) is 0 Å². The smallest absolute Gasteiger partial charge is 0.413 e. The minimum atomic E-state index is -0.635. The highest BCUT2D eigenvalue weighted by molar-refractivity contribution is 6.30. The van der Waals surface area contributed by atoms with Gasteiger partial charge in [0.2, 0.25) is 5.88 Å². The van der Waals surface area contributed by atoms with E-state index in [1.165, 1.54) is 19.3 Å². The summed E-state index contributed by atoms with van der Waals surface area (Å²) < 4.78 is 10.7. The van der Waals surface area contributed by atoms with E-state index in [1.807, 2.05) is 0 Å². The molecule has 28 heavy (non-hydrogen) atoms. The molecule has 7 nitrogen and oxygen atoms in total. The first-order chi connectivity index (χ1) is 13.5. The number of benzene rings is 2. The maximum Gasteiger partial charge on any atom is 0.413 e. The number of nitrogens with one attached hydrogen (secondary N) is 2. The number of nitrogens with zero attached hydrogens (tertiary/aromatic N) is 1. The van der Waals surface area contributed by atoms with Crippen LogP contribution in [0.25, 0.3) is 0 Å². The number of carbonyl (C=O) groups excluding carboxylic acids is 2. The molecular weight excluding hydrogens is 382 g/mol. The summed E-state index contributed by atoms with van der Waals surface area (Å²) in [6.07, 6.45) is 0.813. The monoisotopic (exact) mass is 397 g/mol. The fraction of sp³-hybridized carbons (Fsp3) is 0.0500. The van der Waals surface area contributed by atoms with Crippen molar-refractivity contribution in [1.29, 1.82) is 0 Å². The zero-order chi connectivity index (χ0) is 19.9. The van der Waals surface area contributed by atoms with Crippen molar-refractivity contribution in [2.45, 2.75) is 0 Å². The molecule has 3 aromatic rings. The largest absolute Gasteiger partial charge is 0.457 e. The highest BCUT2D eigenvalue weighted by Gasteiger charge is 2.09. The maximum absolute atomic E-state index is 12.5. The average molecular weight is 398 g/mol. The Balaban J connectivity index is 1.72. The molecule has 0 bridgehead atoms. The van der Waals surface area contributed by atoms with Gasteiger partial charge in [-0.1, -0.05) is 23.7 Å². The normalized spacial score (nSPS) is 10.1. The predicted molar refractivity (Wildman–Crippen MR) is 105 cm³/mol. The Morgan fingerprint density at radius 3 is 2.57 bits per heavy atom. The van der Waals surface area contributed by atoms with Gasteiger partial charge < -0.3 is 20.1 Å². The van der Waals surface area contributed by atoms with Gasteiger partial charge in [0.15, 0.2) is 0 Å². The lowest BCUT2D eigenvalue weighted by Crippen LogP contribution is -2.22. The van der Waals surface area contributed by atoms with Crippen LogP contribution in [0.2, 0.25) is 5.02 Å². The lowest BCUT2D eigenvalue weighted by molar-refractivity contribution is 0.102. The van der Waals surface area contributed by atoms with Gasteiger partial charge in [0, 0.05) is 35.6 Å². The van der Waals surface area contributed by atoms with Crippen LogP contribution >= 0.6 is 11.6 Å². The van der Waals surface area contributed by atoms with Crippen LogP contribution in [-0.2, 0) is 0 Å². The Morgan fingerprint density at radius 2 is 1.79 bits per heavy atom. The van der Waals surface area contributed by atoms with E-state index in [2.05, 4.69) is 15.6 Å². The van der Waals surface area contributed by atoms with Gasteiger partial charge in [-0.3, -0.25) is 4.79 Å². The summed E-state index contributed by atoms with van der Waals surface area (Å²) in [5.74, 6) is 0.634. The summed E-state index contributed by atoms with van der Waals surface area (Å²) in [7, 11) is 1.45. The lowest BCUT2D eigenvalue weighted by atomic mass is 10.2. The molecule has 0 fully saturated rings. The first-order valence-corrected chi connectivity index (χ1v) is 8.62. The highest BCUT2D eigenvalue weighted by Crippen LogP contribution is 2.25. The second-order valence-electron chi connectivity index (χ2n) is 5.56. The fourth-order valence-corrected chi connectivity index (χ4v) is 2.45. The van der Waals surface area contributed by atoms with Gasteiger partial charge in [0.05, 0.1) is 0 Å². The van der Waals surface area contributed by atoms with Crippen molar-refractivity contribution in [3.8, 4) is 17.4 Å². The summed E-state index contributed by atoms with van der Waals surface area (Å²) in [6.45, 7) is 0. The van der Waals surface area contributed by atoms with Crippen LogP contribution in [0.15, 0.2) is 66.9 Å². The Morgan fingerprint density at radius 1 is 1.00 bits per heavy atom.